The molecule has 14 heavy (non-hydrogen) atoms. The second-order valence-electron chi connectivity index (χ2n) is 2.91. The fourth-order valence-corrected chi connectivity index (χ4v) is 1.42. The molecule has 0 aromatic carbocycles. The second kappa shape index (κ2) is 2.41. The van der Waals surface area contributed by atoms with Crippen LogP contribution in [0.1, 0.15) is 0 Å². The van der Waals surface area contributed by atoms with E-state index in [0.717, 1.165) is 11.5 Å². The first-order chi connectivity index (χ1) is 6.84. The maximum absolute atomic E-state index is 5.46. The number of fused-ring (bicyclic) bond motifs is 3. The Morgan fingerprint density at radius 1 is 1.50 bits per heavy atom. The molecule has 0 spiro atoms. The SMILES string of the molecule is Nc1ncc2c(n1)N=CC1=NNCN12. The third-order valence-corrected chi connectivity index (χ3v) is 2.06. The lowest BCUT2D eigenvalue weighted by Gasteiger charge is -2.20. The summed E-state index contributed by atoms with van der Waals surface area (Å²) in [7, 11) is 0. The predicted octanol–water partition coefficient (Wildman–Crippen LogP) is -0.545. The third kappa shape index (κ3) is 0.859. The number of hydrogen-bond acceptors (Lipinski definition) is 7. The van der Waals surface area contributed by atoms with Crippen LogP contribution in [0, 0.1) is 0 Å². The molecule has 0 bridgehead atoms. The molecular weight excluding hydrogens is 182 g/mol. The summed E-state index contributed by atoms with van der Waals surface area (Å²) in [6.07, 6.45) is 3.30. The van der Waals surface area contributed by atoms with E-state index in [9.17, 15) is 0 Å². The number of aliphatic imine (C=N–C) groups is 1. The van der Waals surface area contributed by atoms with Crippen LogP contribution in [0.25, 0.3) is 0 Å². The Morgan fingerprint density at radius 3 is 3.36 bits per heavy atom. The maximum atomic E-state index is 5.46. The van der Waals surface area contributed by atoms with Crippen LogP contribution in [0.15, 0.2) is 16.3 Å². The topological polar surface area (TPSA) is 91.8 Å². The third-order valence-electron chi connectivity index (χ3n) is 2.06. The number of amidine groups is 1. The first-order valence-corrected chi connectivity index (χ1v) is 4.09. The van der Waals surface area contributed by atoms with Crippen molar-refractivity contribution in [3.05, 3.63) is 6.20 Å². The Kier molecular flexibility index (Phi) is 1.25. The van der Waals surface area contributed by atoms with Crippen LogP contribution in [-0.4, -0.2) is 28.7 Å². The average molecular weight is 189 g/mol. The van der Waals surface area contributed by atoms with Gasteiger partial charge >= 0.3 is 0 Å². The number of nitrogens with zero attached hydrogens (tertiary/aromatic N) is 5. The van der Waals surface area contributed by atoms with Crippen molar-refractivity contribution in [3.8, 4) is 0 Å². The van der Waals surface area contributed by atoms with E-state index in [-0.39, 0.29) is 5.95 Å². The molecule has 7 nitrogen and oxygen atoms in total. The number of nitrogens with one attached hydrogen (secondary N) is 1. The highest BCUT2D eigenvalue weighted by Gasteiger charge is 2.24. The van der Waals surface area contributed by atoms with Crippen LogP contribution in [0.2, 0.25) is 0 Å². The number of anilines is 2. The minimum atomic E-state index is 0.230. The molecule has 2 aliphatic rings. The lowest BCUT2D eigenvalue weighted by Crippen LogP contribution is -2.32. The van der Waals surface area contributed by atoms with Crippen molar-refractivity contribution >= 4 is 29.5 Å². The molecule has 3 N–H and O–H groups in total. The summed E-state index contributed by atoms with van der Waals surface area (Å²) in [4.78, 5) is 14.0. The van der Waals surface area contributed by atoms with Gasteiger partial charge in [0.25, 0.3) is 0 Å². The Hall–Kier alpha value is -2.18. The quantitative estimate of drug-likeness (QED) is 0.571. The number of hydrogen-bond donors (Lipinski definition) is 2. The largest absolute Gasteiger partial charge is 0.368 e. The van der Waals surface area contributed by atoms with Crippen LogP contribution in [0.5, 0.6) is 0 Å². The Balaban J connectivity index is 2.18. The van der Waals surface area contributed by atoms with Gasteiger partial charge in [0.15, 0.2) is 11.7 Å². The van der Waals surface area contributed by atoms with Crippen molar-refractivity contribution in [2.24, 2.45) is 10.1 Å². The zero-order valence-electron chi connectivity index (χ0n) is 7.18. The highest BCUT2D eigenvalue weighted by Crippen LogP contribution is 2.29. The van der Waals surface area contributed by atoms with Crippen LogP contribution in [0.4, 0.5) is 17.5 Å². The van der Waals surface area contributed by atoms with Crippen LogP contribution >= 0.6 is 0 Å². The van der Waals surface area contributed by atoms with Crippen LogP contribution in [0.3, 0.4) is 0 Å². The van der Waals surface area contributed by atoms with Gasteiger partial charge in [-0.25, -0.2) is 9.98 Å². The van der Waals surface area contributed by atoms with Crippen molar-refractivity contribution in [2.45, 2.75) is 0 Å². The predicted molar refractivity (Wildman–Crippen MR) is 52.5 cm³/mol. The van der Waals surface area contributed by atoms with Gasteiger partial charge in [-0.15, -0.1) is 0 Å². The zero-order chi connectivity index (χ0) is 9.54. The molecule has 0 aliphatic carbocycles. The highest BCUT2D eigenvalue weighted by atomic mass is 15.5. The fourth-order valence-electron chi connectivity index (χ4n) is 1.42. The van der Waals surface area contributed by atoms with E-state index in [2.05, 4.69) is 25.5 Å². The molecule has 0 saturated carbocycles. The Morgan fingerprint density at radius 2 is 2.43 bits per heavy atom. The molecule has 0 fully saturated rings. The van der Waals surface area contributed by atoms with Gasteiger partial charge in [0.2, 0.25) is 5.95 Å². The van der Waals surface area contributed by atoms with Crippen molar-refractivity contribution in [3.63, 3.8) is 0 Å². The van der Waals surface area contributed by atoms with E-state index in [1.807, 2.05) is 4.90 Å². The van der Waals surface area contributed by atoms with Crippen LogP contribution in [-0.2, 0) is 0 Å². The zero-order valence-corrected chi connectivity index (χ0v) is 7.18. The summed E-state index contributed by atoms with van der Waals surface area (Å²) in [5.41, 5.74) is 9.14. The molecule has 0 unspecified atom stereocenters. The van der Waals surface area contributed by atoms with Crippen molar-refractivity contribution < 1.29 is 0 Å². The minimum absolute atomic E-state index is 0.230. The van der Waals surface area contributed by atoms with Crippen molar-refractivity contribution in [1.82, 2.24) is 15.4 Å². The Labute approximate surface area is 79.4 Å². The summed E-state index contributed by atoms with van der Waals surface area (Å²) in [6, 6.07) is 0. The first-order valence-electron chi connectivity index (χ1n) is 4.09. The Bertz CT molecular complexity index is 449. The minimum Gasteiger partial charge on any atom is -0.368 e. The number of aromatic nitrogens is 2. The van der Waals surface area contributed by atoms with E-state index in [1.165, 1.54) is 0 Å². The monoisotopic (exact) mass is 189 g/mol. The number of hydrazone groups is 1. The van der Waals surface area contributed by atoms with Gasteiger partial charge in [0.05, 0.1) is 12.4 Å². The summed E-state index contributed by atoms with van der Waals surface area (Å²) in [5, 5.41) is 4.04. The molecule has 0 radical (unpaired) electrons. The van der Waals surface area contributed by atoms with Gasteiger partial charge < -0.3 is 5.73 Å². The second-order valence-corrected chi connectivity index (χ2v) is 2.91. The van der Waals surface area contributed by atoms with Gasteiger partial charge in [0, 0.05) is 0 Å². The van der Waals surface area contributed by atoms with Gasteiger partial charge in [0.1, 0.15) is 12.4 Å². The lowest BCUT2D eigenvalue weighted by atomic mass is 10.3. The summed E-state index contributed by atoms with van der Waals surface area (Å²) in [5.74, 6) is 1.58. The normalized spacial score (nSPS) is 17.1. The lowest BCUT2D eigenvalue weighted by molar-refractivity contribution is 0.806. The van der Waals surface area contributed by atoms with Crippen LogP contribution < -0.4 is 16.1 Å². The summed E-state index contributed by atoms with van der Waals surface area (Å²) in [6.45, 7) is 0.613. The molecule has 3 rings (SSSR count). The molecule has 70 valence electrons. The smallest absolute Gasteiger partial charge is 0.222 e. The fraction of sp³-hybridized carbons (Fsp3) is 0.143. The molecule has 1 aromatic rings. The number of rotatable bonds is 0. The standard InChI is InChI=1S/C7H7N7/c8-7-10-1-4-6(12-7)9-2-5-13-11-3-14(4)5/h1-2,11H,3H2,(H2,8,10,12). The van der Waals surface area contributed by atoms with E-state index in [1.54, 1.807) is 12.4 Å². The van der Waals surface area contributed by atoms with E-state index in [4.69, 9.17) is 5.73 Å². The van der Waals surface area contributed by atoms with Gasteiger partial charge in [-0.2, -0.15) is 10.1 Å². The molecule has 0 amide bonds. The summed E-state index contributed by atoms with van der Waals surface area (Å²) < 4.78 is 0. The molecule has 3 heterocycles. The average Bonchev–Trinajstić information content (AvgIpc) is 2.65. The maximum Gasteiger partial charge on any atom is 0.222 e. The molecule has 1 aromatic heterocycles. The number of nitrogen functional groups attached to an aromatic ring is 1. The van der Waals surface area contributed by atoms with Gasteiger partial charge in [-0.3, -0.25) is 10.3 Å². The number of nitrogens with two attached hydrogens (primary N) is 1. The summed E-state index contributed by atoms with van der Waals surface area (Å²) >= 11 is 0. The van der Waals surface area contributed by atoms with E-state index >= 15 is 0 Å². The van der Waals surface area contributed by atoms with Crippen molar-refractivity contribution in [2.75, 3.05) is 17.3 Å². The van der Waals surface area contributed by atoms with Crippen molar-refractivity contribution in [1.29, 1.82) is 0 Å². The van der Waals surface area contributed by atoms with Gasteiger partial charge in [-0.05, 0) is 0 Å². The van der Waals surface area contributed by atoms with E-state index < -0.39 is 0 Å². The molecule has 2 aliphatic heterocycles. The molecule has 7 heteroatoms. The first kappa shape index (κ1) is 7.25. The van der Waals surface area contributed by atoms with Gasteiger partial charge in [-0.1, -0.05) is 0 Å². The van der Waals surface area contributed by atoms with E-state index in [0.29, 0.717) is 12.5 Å². The molecule has 0 saturated heterocycles. The highest BCUT2D eigenvalue weighted by molar-refractivity contribution is 6.38. The molecule has 0 atom stereocenters. The molecular formula is C7H7N7.